The molecule has 4 atom stereocenters. The summed E-state index contributed by atoms with van der Waals surface area (Å²) in [7, 11) is 0. The molecule has 14 heteroatoms. The summed E-state index contributed by atoms with van der Waals surface area (Å²) in [6.45, 7) is 0.790. The van der Waals surface area contributed by atoms with Gasteiger partial charge in [0.05, 0.1) is 6.20 Å². The maximum atomic E-state index is 13.2. The first-order valence-electron chi connectivity index (χ1n) is 18.3. The van der Waals surface area contributed by atoms with Gasteiger partial charge in [-0.25, -0.2) is 4.98 Å². The maximum absolute atomic E-state index is 13.2. The van der Waals surface area contributed by atoms with E-state index in [1.165, 1.54) is 9.80 Å². The van der Waals surface area contributed by atoms with E-state index in [4.69, 9.17) is 4.42 Å². The van der Waals surface area contributed by atoms with Crippen molar-refractivity contribution >= 4 is 35.0 Å². The predicted molar refractivity (Wildman–Crippen MR) is 202 cm³/mol. The predicted octanol–water partition coefficient (Wildman–Crippen LogP) is 3.86. The van der Waals surface area contributed by atoms with Crippen molar-refractivity contribution in [3.63, 3.8) is 0 Å². The number of aromatic nitrogens is 3. The highest BCUT2D eigenvalue weighted by Crippen LogP contribution is 2.29. The molecule has 5 heterocycles. The molecule has 0 spiro atoms. The second-order valence-electron chi connectivity index (χ2n) is 13.7. The van der Waals surface area contributed by atoms with Crippen LogP contribution in [0.1, 0.15) is 36.8 Å². The van der Waals surface area contributed by atoms with Gasteiger partial charge in [0.2, 0.25) is 17.7 Å². The fourth-order valence-electron chi connectivity index (χ4n) is 7.05. The minimum atomic E-state index is -1.27. The van der Waals surface area contributed by atoms with Gasteiger partial charge >= 0.3 is 0 Å². The Morgan fingerprint density at radius 3 is 1.60 bits per heavy atom. The van der Waals surface area contributed by atoms with Crippen molar-refractivity contribution < 1.29 is 33.8 Å². The molecule has 4 N–H and O–H groups in total. The molecule has 7 rings (SSSR count). The van der Waals surface area contributed by atoms with Crippen molar-refractivity contribution in [2.24, 2.45) is 0 Å². The zero-order valence-corrected chi connectivity index (χ0v) is 30.0. The normalized spacial score (nSPS) is 17.8. The zero-order valence-electron chi connectivity index (χ0n) is 30.0. The third-order valence-corrected chi connectivity index (χ3v) is 9.89. The summed E-state index contributed by atoms with van der Waals surface area (Å²) >= 11 is 0. The van der Waals surface area contributed by atoms with Crippen molar-refractivity contribution in [1.29, 1.82) is 0 Å². The van der Waals surface area contributed by atoms with E-state index < -0.39 is 36.1 Å². The van der Waals surface area contributed by atoms with Gasteiger partial charge in [-0.3, -0.25) is 29.1 Å². The first-order valence-corrected chi connectivity index (χ1v) is 18.3. The molecule has 282 valence electrons. The lowest BCUT2D eigenvalue weighted by molar-refractivity contribution is -0.144. The second kappa shape index (κ2) is 16.8. The van der Waals surface area contributed by atoms with Crippen LogP contribution in [0.5, 0.6) is 0 Å². The van der Waals surface area contributed by atoms with Gasteiger partial charge in [-0.2, -0.15) is 0 Å². The summed E-state index contributed by atoms with van der Waals surface area (Å²) in [6, 6.07) is 19.8. The topological polar surface area (TPSA) is 191 Å². The third-order valence-electron chi connectivity index (χ3n) is 9.89. The summed E-state index contributed by atoms with van der Waals surface area (Å²) in [5.41, 5.74) is 3.98. The van der Waals surface area contributed by atoms with E-state index in [0.717, 1.165) is 16.7 Å². The Labute approximate surface area is 317 Å². The number of amides is 4. The molecule has 4 amide bonds. The highest BCUT2D eigenvalue weighted by atomic mass is 16.4. The summed E-state index contributed by atoms with van der Waals surface area (Å²) < 4.78 is 6.04. The second-order valence-corrected chi connectivity index (χ2v) is 13.7. The first kappa shape index (κ1) is 37.1. The molecular weight excluding hydrogens is 702 g/mol. The van der Waals surface area contributed by atoms with E-state index in [9.17, 15) is 29.4 Å². The number of likely N-dealkylation sites (tertiary alicyclic amines) is 2. The van der Waals surface area contributed by atoms with Gasteiger partial charge in [0.1, 0.15) is 24.3 Å². The number of carbonyl (C=O) groups is 4. The van der Waals surface area contributed by atoms with Crippen LogP contribution in [-0.2, 0) is 32.0 Å². The number of anilines is 2. The molecule has 3 aromatic heterocycles. The van der Waals surface area contributed by atoms with Crippen LogP contribution in [0, 0.1) is 0 Å². The fraction of sp³-hybridized carbons (Fsp3) is 0.293. The third kappa shape index (κ3) is 8.77. The minimum Gasteiger partial charge on any atom is -0.436 e. The standard InChI is InChI=1S/C41H41N7O7/c49-34(21-26-5-1-17-42-23-26)40(53)47-19-3-7-32(47)37(51)45-30-13-9-28(10-14-30)36-25-44-39(55-36)29-11-15-31(16-12-29)46-38(52)33-8-4-20-48(33)41(54)35(50)22-27-6-2-18-43-24-27/h1-2,5-6,9-18,23-25,32-35,49-50H,3-4,7-8,19-22H2,(H,45,51)(H,46,52)/t32-,33-,34?,35?/m0/s1. The lowest BCUT2D eigenvalue weighted by atomic mass is 10.1. The Bertz CT molecular complexity index is 1960. The van der Waals surface area contributed by atoms with Gasteiger partial charge < -0.3 is 35.1 Å². The van der Waals surface area contributed by atoms with Crippen molar-refractivity contribution in [2.45, 2.75) is 62.8 Å². The Morgan fingerprint density at radius 1 is 0.673 bits per heavy atom. The number of hydrogen-bond donors (Lipinski definition) is 4. The van der Waals surface area contributed by atoms with Crippen molar-refractivity contribution in [3.05, 3.63) is 115 Å². The number of oxazole rings is 1. The largest absolute Gasteiger partial charge is 0.436 e. The Balaban J connectivity index is 0.917. The van der Waals surface area contributed by atoms with Gasteiger partial charge in [0.15, 0.2) is 5.76 Å². The van der Waals surface area contributed by atoms with E-state index in [1.807, 2.05) is 0 Å². The van der Waals surface area contributed by atoms with Crippen LogP contribution in [0.3, 0.4) is 0 Å². The van der Waals surface area contributed by atoms with Crippen molar-refractivity contribution in [3.8, 4) is 22.8 Å². The van der Waals surface area contributed by atoms with Crippen LogP contribution in [0.15, 0.2) is 108 Å². The average molecular weight is 744 g/mol. The quantitative estimate of drug-likeness (QED) is 0.146. The number of aliphatic hydroxyl groups excluding tert-OH is 2. The number of pyridine rings is 2. The lowest BCUT2D eigenvalue weighted by Gasteiger charge is -2.26. The summed E-state index contributed by atoms with van der Waals surface area (Å²) in [6.07, 6.45) is 8.10. The monoisotopic (exact) mass is 743 g/mol. The molecule has 0 aliphatic carbocycles. The van der Waals surface area contributed by atoms with Crippen LogP contribution in [0.2, 0.25) is 0 Å². The number of nitrogens with zero attached hydrogens (tertiary/aromatic N) is 5. The molecule has 0 radical (unpaired) electrons. The van der Waals surface area contributed by atoms with Crippen LogP contribution in [0.4, 0.5) is 11.4 Å². The molecule has 14 nitrogen and oxygen atoms in total. The molecule has 55 heavy (non-hydrogen) atoms. The summed E-state index contributed by atoms with van der Waals surface area (Å²) in [4.78, 5) is 67.9. The molecule has 0 saturated carbocycles. The van der Waals surface area contributed by atoms with E-state index in [-0.39, 0.29) is 24.7 Å². The van der Waals surface area contributed by atoms with E-state index >= 15 is 0 Å². The van der Waals surface area contributed by atoms with Crippen LogP contribution in [0.25, 0.3) is 22.8 Å². The lowest BCUT2D eigenvalue weighted by Crippen LogP contribution is -2.47. The van der Waals surface area contributed by atoms with E-state index in [2.05, 4.69) is 25.6 Å². The molecule has 2 fully saturated rings. The van der Waals surface area contributed by atoms with Gasteiger partial charge in [-0.15, -0.1) is 0 Å². The van der Waals surface area contributed by atoms with Gasteiger partial charge in [0, 0.05) is 73.2 Å². The summed E-state index contributed by atoms with van der Waals surface area (Å²) in [5.74, 6) is -0.714. The molecule has 2 saturated heterocycles. The molecule has 2 aliphatic heterocycles. The van der Waals surface area contributed by atoms with Crippen molar-refractivity contribution in [2.75, 3.05) is 23.7 Å². The Hall–Kier alpha value is -6.25. The summed E-state index contributed by atoms with van der Waals surface area (Å²) in [5, 5.41) is 27.0. The molecule has 5 aromatic rings. The average Bonchev–Trinajstić information content (AvgIpc) is 4.01. The molecule has 2 aliphatic rings. The van der Waals surface area contributed by atoms with Crippen molar-refractivity contribution in [1.82, 2.24) is 24.8 Å². The zero-order chi connectivity index (χ0) is 38.3. The SMILES string of the molecule is O=C(Nc1ccc(-c2cnc(-c3ccc(NC(=O)[C@@H]4CCCN4C(=O)C(O)Cc4cccnc4)cc3)o2)cc1)[C@@H]1CCCN1C(=O)C(O)Cc1cccnc1. The van der Waals surface area contributed by atoms with E-state index in [1.54, 1.807) is 104 Å². The highest BCUT2D eigenvalue weighted by Gasteiger charge is 2.38. The van der Waals surface area contributed by atoms with E-state index in [0.29, 0.717) is 67.4 Å². The maximum Gasteiger partial charge on any atom is 0.252 e. The van der Waals surface area contributed by atoms with Gasteiger partial charge in [-0.05, 0) is 97.5 Å². The molecular formula is C41H41N7O7. The number of nitrogens with one attached hydrogen (secondary N) is 2. The number of aliphatic hydroxyl groups is 2. The number of rotatable bonds is 12. The fourth-order valence-corrected chi connectivity index (χ4v) is 7.05. The molecule has 0 bridgehead atoms. The highest BCUT2D eigenvalue weighted by molar-refractivity contribution is 5.99. The Kier molecular flexibility index (Phi) is 11.3. The molecule has 2 aromatic carbocycles. The Morgan fingerprint density at radius 2 is 1.15 bits per heavy atom. The van der Waals surface area contributed by atoms with Crippen LogP contribution < -0.4 is 10.6 Å². The number of carbonyl (C=O) groups excluding carboxylic acids is 4. The minimum absolute atomic E-state index is 0.122. The first-order chi connectivity index (χ1) is 26.7. The van der Waals surface area contributed by atoms with Crippen LogP contribution in [-0.4, -0.2) is 96.0 Å². The smallest absolute Gasteiger partial charge is 0.252 e. The van der Waals surface area contributed by atoms with Gasteiger partial charge in [-0.1, -0.05) is 12.1 Å². The number of benzene rings is 2. The van der Waals surface area contributed by atoms with Gasteiger partial charge in [0.25, 0.3) is 11.8 Å². The number of hydrogen-bond acceptors (Lipinski definition) is 10. The molecule has 2 unspecified atom stereocenters. The van der Waals surface area contributed by atoms with Crippen LogP contribution >= 0.6 is 0 Å².